The van der Waals surface area contributed by atoms with Crippen LogP contribution in [0.5, 0.6) is 5.88 Å². The van der Waals surface area contributed by atoms with Gasteiger partial charge in [0.2, 0.25) is 5.88 Å². The van der Waals surface area contributed by atoms with E-state index in [1.807, 2.05) is 66.9 Å². The van der Waals surface area contributed by atoms with E-state index in [2.05, 4.69) is 17.1 Å². The van der Waals surface area contributed by atoms with Crippen LogP contribution in [0.1, 0.15) is 22.5 Å². The monoisotopic (exact) mass is 392 g/mol. The van der Waals surface area contributed by atoms with Gasteiger partial charge in [0.05, 0.1) is 11.4 Å². The van der Waals surface area contributed by atoms with Gasteiger partial charge in [0.1, 0.15) is 5.69 Å². The molecule has 0 atom stereocenters. The summed E-state index contributed by atoms with van der Waals surface area (Å²) in [7, 11) is 0. The van der Waals surface area contributed by atoms with E-state index in [-0.39, 0.29) is 5.88 Å². The highest BCUT2D eigenvalue weighted by molar-refractivity contribution is 5.63. The number of aromatic nitrogens is 4. The summed E-state index contributed by atoms with van der Waals surface area (Å²) in [5.74, 6) is 0.141. The minimum Gasteiger partial charge on any atom is -0.493 e. The molecule has 0 aliphatic heterocycles. The number of fused-ring (bicyclic) bond motifs is 1. The lowest BCUT2D eigenvalue weighted by atomic mass is 10.1. The highest BCUT2D eigenvalue weighted by Crippen LogP contribution is 2.28. The Labute approximate surface area is 174 Å². The molecule has 0 unspecified atom stereocenters. The molecular weight excluding hydrogens is 372 g/mol. The molecule has 5 heteroatoms. The van der Waals surface area contributed by atoms with Gasteiger partial charge in [-0.2, -0.15) is 0 Å². The minimum absolute atomic E-state index is 0.141. The molecule has 3 heterocycles. The summed E-state index contributed by atoms with van der Waals surface area (Å²) >= 11 is 0. The summed E-state index contributed by atoms with van der Waals surface area (Å²) in [5.41, 5.74) is 6.06. The Bertz CT molecular complexity index is 1280. The third-order valence-corrected chi connectivity index (χ3v) is 5.10. The summed E-state index contributed by atoms with van der Waals surface area (Å²) in [6.07, 6.45) is 6.53. The third kappa shape index (κ3) is 3.53. The van der Waals surface area contributed by atoms with E-state index in [4.69, 9.17) is 9.97 Å². The molecule has 0 saturated carbocycles. The van der Waals surface area contributed by atoms with Gasteiger partial charge in [0, 0.05) is 37.0 Å². The van der Waals surface area contributed by atoms with Crippen molar-refractivity contribution in [2.24, 2.45) is 0 Å². The van der Waals surface area contributed by atoms with Crippen molar-refractivity contribution in [2.75, 3.05) is 0 Å². The minimum atomic E-state index is 0.141. The highest BCUT2D eigenvalue weighted by atomic mass is 16.3. The van der Waals surface area contributed by atoms with Crippen LogP contribution < -0.4 is 0 Å². The van der Waals surface area contributed by atoms with E-state index in [0.717, 1.165) is 28.1 Å². The van der Waals surface area contributed by atoms with Gasteiger partial charge in [-0.3, -0.25) is 9.38 Å². The number of imidazole rings is 1. The van der Waals surface area contributed by atoms with Crippen LogP contribution in [0.25, 0.3) is 16.9 Å². The maximum Gasteiger partial charge on any atom is 0.219 e. The Kier molecular flexibility index (Phi) is 4.69. The first-order valence-corrected chi connectivity index (χ1v) is 9.86. The normalized spacial score (nSPS) is 11.1. The Balaban J connectivity index is 1.66. The van der Waals surface area contributed by atoms with Crippen molar-refractivity contribution in [1.82, 2.24) is 19.4 Å². The average molecular weight is 392 g/mol. The van der Waals surface area contributed by atoms with Crippen LogP contribution >= 0.6 is 0 Å². The molecule has 5 aromatic rings. The van der Waals surface area contributed by atoms with Crippen LogP contribution in [0.15, 0.2) is 91.4 Å². The molecule has 5 rings (SSSR count). The molecule has 0 radical (unpaired) electrons. The van der Waals surface area contributed by atoms with E-state index in [1.54, 1.807) is 16.8 Å². The second-order valence-corrected chi connectivity index (χ2v) is 7.22. The van der Waals surface area contributed by atoms with Crippen molar-refractivity contribution in [3.63, 3.8) is 0 Å². The van der Waals surface area contributed by atoms with Crippen LogP contribution in [0.3, 0.4) is 0 Å². The molecule has 146 valence electrons. The predicted octanol–water partition coefficient (Wildman–Crippen LogP) is 4.68. The molecule has 0 fully saturated rings. The Hall–Kier alpha value is -3.99. The number of hydrogen-bond acceptors (Lipinski definition) is 4. The fourth-order valence-electron chi connectivity index (χ4n) is 3.61. The van der Waals surface area contributed by atoms with E-state index >= 15 is 0 Å². The molecule has 0 bridgehead atoms. The van der Waals surface area contributed by atoms with E-state index < -0.39 is 0 Å². The van der Waals surface area contributed by atoms with Crippen molar-refractivity contribution in [3.05, 3.63) is 114 Å². The molecule has 1 N–H and O–H groups in total. The topological polar surface area (TPSA) is 63.3 Å². The molecule has 0 aliphatic carbocycles. The summed E-state index contributed by atoms with van der Waals surface area (Å²) in [4.78, 5) is 13.8. The summed E-state index contributed by atoms with van der Waals surface area (Å²) in [6.45, 7) is 0. The molecule has 0 amide bonds. The van der Waals surface area contributed by atoms with Crippen LogP contribution in [-0.4, -0.2) is 24.5 Å². The highest BCUT2D eigenvalue weighted by Gasteiger charge is 2.18. The second-order valence-electron chi connectivity index (χ2n) is 7.22. The van der Waals surface area contributed by atoms with E-state index in [1.165, 1.54) is 0 Å². The first kappa shape index (κ1) is 18.1. The lowest BCUT2D eigenvalue weighted by Crippen LogP contribution is -2.00. The maximum atomic E-state index is 11.0. The van der Waals surface area contributed by atoms with Gasteiger partial charge in [0.25, 0.3) is 0 Å². The molecule has 0 spiro atoms. The van der Waals surface area contributed by atoms with Gasteiger partial charge >= 0.3 is 0 Å². The molecule has 0 aliphatic rings. The van der Waals surface area contributed by atoms with E-state index in [9.17, 15) is 5.11 Å². The number of pyridine rings is 1. The van der Waals surface area contributed by atoms with Gasteiger partial charge < -0.3 is 5.11 Å². The predicted molar refractivity (Wildman–Crippen MR) is 116 cm³/mol. The van der Waals surface area contributed by atoms with Crippen molar-refractivity contribution in [3.8, 4) is 17.1 Å². The number of benzene rings is 2. The summed E-state index contributed by atoms with van der Waals surface area (Å²) in [5, 5.41) is 11.0. The van der Waals surface area contributed by atoms with Gasteiger partial charge in [0.15, 0.2) is 5.65 Å². The van der Waals surface area contributed by atoms with Crippen molar-refractivity contribution in [1.29, 1.82) is 0 Å². The smallest absolute Gasteiger partial charge is 0.219 e. The molecule has 5 nitrogen and oxygen atoms in total. The standard InChI is InChI=1S/C25H20N4O/c30-25-22(15-19-10-7-13-26-16-19)28-24-21(14-18-8-3-1-4-9-18)27-23(17-29(24)25)20-11-5-2-6-12-20/h1-13,16-17,30H,14-15H2. The number of nitrogens with zero attached hydrogens (tertiary/aromatic N) is 4. The maximum absolute atomic E-state index is 11.0. The van der Waals surface area contributed by atoms with Gasteiger partial charge in [-0.05, 0) is 17.2 Å². The third-order valence-electron chi connectivity index (χ3n) is 5.10. The van der Waals surface area contributed by atoms with Crippen LogP contribution in [0.2, 0.25) is 0 Å². The first-order valence-electron chi connectivity index (χ1n) is 9.86. The van der Waals surface area contributed by atoms with Crippen molar-refractivity contribution >= 4 is 5.65 Å². The van der Waals surface area contributed by atoms with E-state index in [0.29, 0.717) is 24.2 Å². The lowest BCUT2D eigenvalue weighted by molar-refractivity contribution is 0.442. The zero-order chi connectivity index (χ0) is 20.3. The van der Waals surface area contributed by atoms with Crippen LogP contribution in [0.4, 0.5) is 0 Å². The zero-order valence-corrected chi connectivity index (χ0v) is 16.3. The summed E-state index contributed by atoms with van der Waals surface area (Å²) in [6, 6.07) is 24.0. The fourth-order valence-corrected chi connectivity index (χ4v) is 3.61. The van der Waals surface area contributed by atoms with Crippen LogP contribution in [-0.2, 0) is 12.8 Å². The largest absolute Gasteiger partial charge is 0.493 e. The number of hydrogen-bond donors (Lipinski definition) is 1. The molecule has 30 heavy (non-hydrogen) atoms. The summed E-state index contributed by atoms with van der Waals surface area (Å²) < 4.78 is 1.75. The van der Waals surface area contributed by atoms with Crippen molar-refractivity contribution < 1.29 is 5.11 Å². The second kappa shape index (κ2) is 7.79. The van der Waals surface area contributed by atoms with Gasteiger partial charge in [-0.15, -0.1) is 0 Å². The van der Waals surface area contributed by atoms with Gasteiger partial charge in [-0.1, -0.05) is 66.7 Å². The molecule has 0 saturated heterocycles. The zero-order valence-electron chi connectivity index (χ0n) is 16.3. The molecule has 2 aromatic carbocycles. The lowest BCUT2D eigenvalue weighted by Gasteiger charge is -2.08. The van der Waals surface area contributed by atoms with Gasteiger partial charge in [-0.25, -0.2) is 9.97 Å². The quantitative estimate of drug-likeness (QED) is 0.472. The molecular formula is C25H20N4O. The Morgan fingerprint density at radius 1 is 0.733 bits per heavy atom. The van der Waals surface area contributed by atoms with Crippen molar-refractivity contribution in [2.45, 2.75) is 12.8 Å². The SMILES string of the molecule is Oc1c(Cc2cccnc2)nc2c(Cc3ccccc3)nc(-c3ccccc3)cn12. The fraction of sp³-hybridized carbons (Fsp3) is 0.0800. The first-order chi connectivity index (χ1) is 14.8. The van der Waals surface area contributed by atoms with Crippen LogP contribution in [0, 0.1) is 0 Å². The number of aromatic hydroxyl groups is 1. The Morgan fingerprint density at radius 2 is 1.43 bits per heavy atom. The number of rotatable bonds is 5. The molecule has 3 aromatic heterocycles. The average Bonchev–Trinajstić information content (AvgIpc) is 3.11. The Morgan fingerprint density at radius 3 is 2.17 bits per heavy atom.